The van der Waals surface area contributed by atoms with E-state index in [-0.39, 0.29) is 10.7 Å². The molecule has 1 atom stereocenters. The zero-order valence-corrected chi connectivity index (χ0v) is 11.7. The van der Waals surface area contributed by atoms with Crippen molar-refractivity contribution in [1.29, 1.82) is 0 Å². The minimum absolute atomic E-state index is 0.158. The van der Waals surface area contributed by atoms with Gasteiger partial charge in [0.2, 0.25) is 0 Å². The Hall–Kier alpha value is -2.12. The summed E-state index contributed by atoms with van der Waals surface area (Å²) in [6.45, 7) is 0.480. The summed E-state index contributed by atoms with van der Waals surface area (Å²) in [5.74, 6) is -0.337. The molecule has 0 bridgehead atoms. The highest BCUT2D eigenvalue weighted by Crippen LogP contribution is 2.15. The van der Waals surface area contributed by atoms with Crippen LogP contribution in [0.4, 0.5) is 5.82 Å². The van der Waals surface area contributed by atoms with Crippen LogP contribution in [-0.2, 0) is 17.7 Å². The first-order chi connectivity index (χ1) is 9.58. The van der Waals surface area contributed by atoms with Crippen LogP contribution in [0.3, 0.4) is 0 Å². The summed E-state index contributed by atoms with van der Waals surface area (Å²) in [6.07, 6.45) is 2.76. The third-order valence-corrected chi connectivity index (χ3v) is 3.30. The predicted octanol–water partition coefficient (Wildman–Crippen LogP) is 0.925. The van der Waals surface area contributed by atoms with Crippen molar-refractivity contribution < 1.29 is 9.35 Å². The molecule has 2 rings (SSSR count). The lowest BCUT2D eigenvalue weighted by molar-refractivity contribution is 0.1000. The molecule has 104 valence electrons. The Morgan fingerprint density at radius 1 is 1.40 bits per heavy atom. The second kappa shape index (κ2) is 6.36. The lowest BCUT2D eigenvalue weighted by Gasteiger charge is -2.10. The Balaban J connectivity index is 2.24. The first-order valence-electron chi connectivity index (χ1n) is 5.86. The molecule has 7 heteroatoms. The normalized spacial score (nSPS) is 11.9. The van der Waals surface area contributed by atoms with Crippen LogP contribution in [0.25, 0.3) is 0 Å². The van der Waals surface area contributed by atoms with Crippen LogP contribution in [0.2, 0.25) is 0 Å². The number of primary amides is 1. The molecule has 0 saturated carbocycles. The molecule has 0 aliphatic heterocycles. The van der Waals surface area contributed by atoms with Gasteiger partial charge in [-0.25, -0.2) is 0 Å². The van der Waals surface area contributed by atoms with Crippen molar-refractivity contribution in [1.82, 2.24) is 9.97 Å². The lowest BCUT2D eigenvalue weighted by atomic mass is 10.2. The van der Waals surface area contributed by atoms with Gasteiger partial charge in [-0.15, -0.1) is 0 Å². The zero-order valence-electron chi connectivity index (χ0n) is 10.9. The fourth-order valence-corrected chi connectivity index (χ4v) is 2.02. The van der Waals surface area contributed by atoms with Crippen LogP contribution in [0.1, 0.15) is 15.9 Å². The highest BCUT2D eigenvalue weighted by Gasteiger charge is 2.16. The Morgan fingerprint density at radius 2 is 2.10 bits per heavy atom. The summed E-state index contributed by atoms with van der Waals surface area (Å²) in [5.41, 5.74) is 6.48. The number of amides is 1. The largest absolute Gasteiger partial charge is 0.609 e. The molecule has 1 aromatic heterocycles. The Kier molecular flexibility index (Phi) is 4.54. The van der Waals surface area contributed by atoms with Crippen molar-refractivity contribution in [3.05, 3.63) is 47.7 Å². The minimum Gasteiger partial charge on any atom is -0.609 e. The first-order valence-corrected chi connectivity index (χ1v) is 7.42. The first kappa shape index (κ1) is 14.3. The standard InChI is InChI=1S/C13H14N4O2S/c1-20(19)13-16-8-10(11(14)18)12(17-13)15-7-9-5-3-2-4-6-9/h2-6,8H,7H2,1H3,(H2,14,18)(H,15,16,17). The van der Waals surface area contributed by atoms with Gasteiger partial charge < -0.3 is 15.6 Å². The smallest absolute Gasteiger partial charge is 0.344 e. The van der Waals surface area contributed by atoms with Crippen LogP contribution >= 0.6 is 0 Å². The molecule has 6 nitrogen and oxygen atoms in total. The second-order valence-corrected chi connectivity index (χ2v) is 5.35. The minimum atomic E-state index is -1.32. The van der Waals surface area contributed by atoms with Crippen molar-refractivity contribution in [2.75, 3.05) is 11.6 Å². The van der Waals surface area contributed by atoms with E-state index >= 15 is 0 Å². The number of rotatable bonds is 5. The zero-order chi connectivity index (χ0) is 14.5. The maximum atomic E-state index is 11.4. The Labute approximate surface area is 119 Å². The Bertz CT molecular complexity index is 605. The molecular weight excluding hydrogens is 276 g/mol. The van der Waals surface area contributed by atoms with Crippen molar-refractivity contribution >= 4 is 22.9 Å². The van der Waals surface area contributed by atoms with Gasteiger partial charge in [0.05, 0.1) is 6.20 Å². The number of anilines is 1. The van der Waals surface area contributed by atoms with E-state index in [4.69, 9.17) is 5.73 Å². The average molecular weight is 290 g/mol. The number of carbonyl (C=O) groups is 1. The molecule has 1 unspecified atom stereocenters. The van der Waals surface area contributed by atoms with Gasteiger partial charge in [-0.05, 0) is 5.56 Å². The summed E-state index contributed by atoms with van der Waals surface area (Å²) in [5, 5.41) is 3.18. The van der Waals surface area contributed by atoms with Gasteiger partial charge in [0.25, 0.3) is 5.91 Å². The summed E-state index contributed by atoms with van der Waals surface area (Å²) in [6, 6.07) is 9.63. The van der Waals surface area contributed by atoms with Gasteiger partial charge in [0.1, 0.15) is 17.6 Å². The number of hydrogen-bond acceptors (Lipinski definition) is 5. The van der Waals surface area contributed by atoms with Crippen LogP contribution in [0.15, 0.2) is 41.7 Å². The van der Waals surface area contributed by atoms with Crippen molar-refractivity contribution in [2.24, 2.45) is 5.73 Å². The number of carbonyl (C=O) groups excluding carboxylic acids is 1. The Morgan fingerprint density at radius 3 is 2.70 bits per heavy atom. The third-order valence-electron chi connectivity index (χ3n) is 2.59. The highest BCUT2D eigenvalue weighted by molar-refractivity contribution is 7.90. The van der Waals surface area contributed by atoms with E-state index in [2.05, 4.69) is 15.3 Å². The van der Waals surface area contributed by atoms with E-state index in [1.54, 1.807) is 0 Å². The molecule has 0 radical (unpaired) electrons. The van der Waals surface area contributed by atoms with Crippen molar-refractivity contribution in [2.45, 2.75) is 11.7 Å². The summed E-state index contributed by atoms with van der Waals surface area (Å²) in [4.78, 5) is 19.3. The van der Waals surface area contributed by atoms with Gasteiger partial charge in [-0.2, -0.15) is 9.97 Å². The molecule has 20 heavy (non-hydrogen) atoms. The number of aromatic nitrogens is 2. The summed E-state index contributed by atoms with van der Waals surface area (Å²) >= 11 is -1.32. The van der Waals surface area contributed by atoms with Crippen molar-refractivity contribution in [3.8, 4) is 0 Å². The summed E-state index contributed by atoms with van der Waals surface area (Å²) < 4.78 is 11.4. The molecule has 0 fully saturated rings. The number of hydrogen-bond donors (Lipinski definition) is 2. The summed E-state index contributed by atoms with van der Waals surface area (Å²) in [7, 11) is 0. The van der Waals surface area contributed by atoms with Crippen LogP contribution in [0, 0.1) is 0 Å². The van der Waals surface area contributed by atoms with Gasteiger partial charge in [-0.1, -0.05) is 30.3 Å². The molecule has 0 spiro atoms. The van der Waals surface area contributed by atoms with Crippen LogP contribution < -0.4 is 11.1 Å². The SMILES string of the molecule is C[S+]([O-])c1ncc(C(N)=O)c(NCc2ccccc2)n1. The fourth-order valence-electron chi connectivity index (χ4n) is 1.60. The number of nitrogens with one attached hydrogen (secondary N) is 1. The van der Waals surface area contributed by atoms with Gasteiger partial charge in [0, 0.05) is 17.7 Å². The lowest BCUT2D eigenvalue weighted by Crippen LogP contribution is -2.18. The number of nitrogens with zero attached hydrogens (tertiary/aromatic N) is 2. The molecule has 0 saturated heterocycles. The molecule has 0 aliphatic rings. The average Bonchev–Trinajstić information content (AvgIpc) is 2.45. The maximum absolute atomic E-state index is 11.4. The van der Waals surface area contributed by atoms with E-state index in [0.717, 1.165) is 5.56 Å². The third kappa shape index (κ3) is 3.46. The molecule has 0 aliphatic carbocycles. The molecular formula is C13H14N4O2S. The maximum Gasteiger partial charge on any atom is 0.344 e. The topological polar surface area (TPSA) is 104 Å². The monoisotopic (exact) mass is 290 g/mol. The fraction of sp³-hybridized carbons (Fsp3) is 0.154. The molecule has 2 aromatic rings. The number of benzene rings is 1. The second-order valence-electron chi connectivity index (χ2n) is 4.07. The molecule has 1 heterocycles. The van der Waals surface area contributed by atoms with E-state index in [1.165, 1.54) is 12.5 Å². The van der Waals surface area contributed by atoms with Gasteiger partial charge in [-0.3, -0.25) is 4.79 Å². The molecule has 1 amide bonds. The van der Waals surface area contributed by atoms with E-state index in [9.17, 15) is 9.35 Å². The molecule has 3 N–H and O–H groups in total. The van der Waals surface area contributed by atoms with E-state index < -0.39 is 17.1 Å². The van der Waals surface area contributed by atoms with E-state index in [0.29, 0.717) is 12.4 Å². The van der Waals surface area contributed by atoms with Crippen LogP contribution in [-0.4, -0.2) is 26.7 Å². The van der Waals surface area contributed by atoms with Gasteiger partial charge >= 0.3 is 5.16 Å². The predicted molar refractivity (Wildman–Crippen MR) is 76.7 cm³/mol. The van der Waals surface area contributed by atoms with Gasteiger partial charge in [0.15, 0.2) is 0 Å². The van der Waals surface area contributed by atoms with Crippen molar-refractivity contribution in [3.63, 3.8) is 0 Å². The molecule has 1 aromatic carbocycles. The number of nitrogens with two attached hydrogens (primary N) is 1. The highest BCUT2D eigenvalue weighted by atomic mass is 32.2. The quantitative estimate of drug-likeness (QED) is 0.629. The van der Waals surface area contributed by atoms with E-state index in [1.807, 2.05) is 30.3 Å². The van der Waals surface area contributed by atoms with Crippen LogP contribution in [0.5, 0.6) is 0 Å².